The predicted octanol–water partition coefficient (Wildman–Crippen LogP) is 2.34. The summed E-state index contributed by atoms with van der Waals surface area (Å²) in [7, 11) is 0. The van der Waals surface area contributed by atoms with Crippen LogP contribution in [0.4, 0.5) is 13.6 Å². The predicted molar refractivity (Wildman–Crippen MR) is 96.3 cm³/mol. The summed E-state index contributed by atoms with van der Waals surface area (Å²) in [5.41, 5.74) is 0.401. The minimum atomic E-state index is -0.582. The molecule has 1 fully saturated rings. The Morgan fingerprint density at radius 2 is 2.04 bits per heavy atom. The van der Waals surface area contributed by atoms with Gasteiger partial charge in [-0.2, -0.15) is 0 Å². The van der Waals surface area contributed by atoms with Crippen LogP contribution in [-0.4, -0.2) is 50.9 Å². The Hall–Kier alpha value is -2.62. The van der Waals surface area contributed by atoms with Gasteiger partial charge in [-0.15, -0.1) is 5.10 Å². The van der Waals surface area contributed by atoms with Crippen LogP contribution in [0.25, 0.3) is 0 Å². The first-order chi connectivity index (χ1) is 13.5. The highest BCUT2D eigenvalue weighted by molar-refractivity contribution is 5.67. The molecule has 0 aliphatic carbocycles. The molecule has 1 aromatic carbocycles. The average Bonchev–Trinajstić information content (AvgIpc) is 3.16. The summed E-state index contributed by atoms with van der Waals surface area (Å²) in [5.74, 6) is -0.539. The number of hydrogen-bond acceptors (Lipinski definition) is 6. The first kappa shape index (κ1) is 20.1. The summed E-state index contributed by atoms with van der Waals surface area (Å²) >= 11 is 0. The normalized spacial score (nSPS) is 15.1. The van der Waals surface area contributed by atoms with Crippen molar-refractivity contribution < 1.29 is 18.3 Å². The monoisotopic (exact) mass is 394 g/mol. The van der Waals surface area contributed by atoms with Gasteiger partial charge in [0.2, 0.25) is 0 Å². The Kier molecular flexibility index (Phi) is 6.50. The Labute approximate surface area is 161 Å². The van der Waals surface area contributed by atoms with Crippen molar-refractivity contribution in [1.29, 1.82) is 0 Å². The Morgan fingerprint density at radius 1 is 1.29 bits per heavy atom. The number of halogens is 2. The van der Waals surface area contributed by atoms with E-state index in [2.05, 4.69) is 20.8 Å². The van der Waals surface area contributed by atoms with Crippen molar-refractivity contribution in [3.05, 3.63) is 40.7 Å². The number of ether oxygens (including phenoxy) is 1. The molecule has 1 amide bonds. The van der Waals surface area contributed by atoms with Crippen molar-refractivity contribution in [3.8, 4) is 0 Å². The molecule has 2 aromatic rings. The van der Waals surface area contributed by atoms with Crippen molar-refractivity contribution in [2.45, 2.75) is 45.8 Å². The highest BCUT2D eigenvalue weighted by Crippen LogP contribution is 2.23. The lowest BCUT2D eigenvalue weighted by Crippen LogP contribution is -2.40. The molecule has 1 saturated heterocycles. The van der Waals surface area contributed by atoms with Gasteiger partial charge in [0.1, 0.15) is 11.6 Å². The second-order valence-electron chi connectivity index (χ2n) is 6.72. The topological polar surface area (TPSA) is 85.2 Å². The van der Waals surface area contributed by atoms with Gasteiger partial charge in [-0.25, -0.2) is 18.3 Å². The van der Waals surface area contributed by atoms with Gasteiger partial charge in [-0.3, -0.25) is 0 Å². The minimum absolute atomic E-state index is 0.00164. The van der Waals surface area contributed by atoms with E-state index in [1.54, 1.807) is 23.4 Å². The first-order valence-electron chi connectivity index (χ1n) is 9.33. The number of hydrogen-bond donors (Lipinski definition) is 1. The van der Waals surface area contributed by atoms with E-state index in [-0.39, 0.29) is 30.8 Å². The van der Waals surface area contributed by atoms with Gasteiger partial charge in [0.15, 0.2) is 5.82 Å². The zero-order valence-corrected chi connectivity index (χ0v) is 16.0. The van der Waals surface area contributed by atoms with Crippen molar-refractivity contribution >= 4 is 6.09 Å². The summed E-state index contributed by atoms with van der Waals surface area (Å²) in [4.78, 5) is 13.5. The van der Waals surface area contributed by atoms with E-state index in [1.807, 2.05) is 0 Å². The minimum Gasteiger partial charge on any atom is -0.450 e. The van der Waals surface area contributed by atoms with E-state index < -0.39 is 11.6 Å². The number of benzene rings is 1. The van der Waals surface area contributed by atoms with Gasteiger partial charge < -0.3 is 15.0 Å². The molecule has 0 spiro atoms. The van der Waals surface area contributed by atoms with Crippen LogP contribution in [0.1, 0.15) is 42.8 Å². The van der Waals surface area contributed by atoms with E-state index >= 15 is 0 Å². The van der Waals surface area contributed by atoms with Crippen molar-refractivity contribution in [1.82, 2.24) is 30.4 Å². The van der Waals surface area contributed by atoms with Crippen LogP contribution in [-0.2, 0) is 17.8 Å². The van der Waals surface area contributed by atoms with Gasteiger partial charge >= 0.3 is 6.09 Å². The number of piperidine rings is 1. The lowest BCUT2D eigenvalue weighted by Gasteiger charge is -2.31. The fraction of sp³-hybridized carbons (Fsp3) is 0.556. The molecule has 1 aliphatic rings. The Morgan fingerprint density at radius 3 is 2.75 bits per heavy atom. The van der Waals surface area contributed by atoms with Gasteiger partial charge in [-0.1, -0.05) is 6.07 Å². The molecule has 2 heterocycles. The maximum absolute atomic E-state index is 14.1. The molecule has 3 rings (SSSR count). The molecule has 0 saturated carbocycles. The van der Waals surface area contributed by atoms with Crippen molar-refractivity contribution in [2.24, 2.45) is 0 Å². The van der Waals surface area contributed by atoms with E-state index in [0.29, 0.717) is 43.9 Å². The maximum Gasteiger partial charge on any atom is 0.409 e. The summed E-state index contributed by atoms with van der Waals surface area (Å²) in [6.45, 7) is 5.17. The van der Waals surface area contributed by atoms with E-state index in [1.165, 1.54) is 12.1 Å². The summed E-state index contributed by atoms with van der Waals surface area (Å²) in [6.07, 6.45) is 1.11. The van der Waals surface area contributed by atoms with Crippen LogP contribution in [0, 0.1) is 18.6 Å². The quantitative estimate of drug-likeness (QED) is 0.810. The number of carbonyl (C=O) groups is 1. The van der Waals surface area contributed by atoms with Gasteiger partial charge in [0.05, 0.1) is 19.2 Å². The number of tetrazole rings is 1. The highest BCUT2D eigenvalue weighted by atomic mass is 19.1. The molecule has 0 radical (unpaired) electrons. The van der Waals surface area contributed by atoms with Crippen LogP contribution >= 0.6 is 0 Å². The molecule has 1 N–H and O–H groups in total. The Bertz CT molecular complexity index is 820. The molecular formula is C18H24F2N6O2. The summed E-state index contributed by atoms with van der Waals surface area (Å²) < 4.78 is 34.7. The number of rotatable bonds is 6. The maximum atomic E-state index is 14.1. The molecule has 10 heteroatoms. The highest BCUT2D eigenvalue weighted by Gasteiger charge is 2.26. The van der Waals surface area contributed by atoms with E-state index in [4.69, 9.17) is 4.74 Å². The second-order valence-corrected chi connectivity index (χ2v) is 6.72. The number of aromatic nitrogens is 4. The summed E-state index contributed by atoms with van der Waals surface area (Å²) in [6, 6.07) is 2.73. The zero-order chi connectivity index (χ0) is 20.1. The van der Waals surface area contributed by atoms with Crippen LogP contribution in [0.2, 0.25) is 0 Å². The third-order valence-electron chi connectivity index (χ3n) is 4.86. The fourth-order valence-corrected chi connectivity index (χ4v) is 3.30. The molecule has 8 nitrogen and oxygen atoms in total. The van der Waals surface area contributed by atoms with Crippen LogP contribution in [0.15, 0.2) is 12.1 Å². The van der Waals surface area contributed by atoms with Crippen molar-refractivity contribution in [3.63, 3.8) is 0 Å². The molecule has 0 bridgehead atoms. The number of likely N-dealkylation sites (tertiary alicyclic amines) is 1. The SMILES string of the molecule is CCOC(=O)N1CCC(n2nnnc2CNCc2c(F)ccc(C)c2F)CC1. The van der Waals surface area contributed by atoms with Gasteiger partial charge in [0, 0.05) is 25.2 Å². The van der Waals surface area contributed by atoms with Gasteiger partial charge in [-0.05, 0) is 48.7 Å². The number of nitrogens with zero attached hydrogens (tertiary/aromatic N) is 5. The number of aryl methyl sites for hydroxylation is 1. The number of amides is 1. The molecule has 28 heavy (non-hydrogen) atoms. The standard InChI is InChI=1S/C18H24F2N6O2/c1-3-28-18(27)25-8-6-13(7-9-25)26-16(22-23-24-26)11-21-10-14-15(19)5-4-12(2)17(14)20/h4-5,13,21H,3,6-11H2,1-2H3. The van der Waals surface area contributed by atoms with Gasteiger partial charge in [0.25, 0.3) is 0 Å². The molecule has 0 atom stereocenters. The lowest BCUT2D eigenvalue weighted by molar-refractivity contribution is 0.0910. The second kappa shape index (κ2) is 9.05. The number of carbonyl (C=O) groups excluding carboxylic acids is 1. The number of nitrogens with one attached hydrogen (secondary N) is 1. The lowest BCUT2D eigenvalue weighted by atomic mass is 10.1. The fourth-order valence-electron chi connectivity index (χ4n) is 3.30. The molecule has 1 aromatic heterocycles. The Balaban J connectivity index is 1.57. The van der Waals surface area contributed by atoms with Crippen LogP contribution in [0.3, 0.4) is 0 Å². The zero-order valence-electron chi connectivity index (χ0n) is 16.0. The van der Waals surface area contributed by atoms with Crippen LogP contribution < -0.4 is 5.32 Å². The molecule has 0 unspecified atom stereocenters. The van der Waals surface area contributed by atoms with Crippen molar-refractivity contribution in [2.75, 3.05) is 19.7 Å². The molecule has 152 valence electrons. The van der Waals surface area contributed by atoms with Crippen LogP contribution in [0.5, 0.6) is 0 Å². The van der Waals surface area contributed by atoms with E-state index in [0.717, 1.165) is 0 Å². The smallest absolute Gasteiger partial charge is 0.409 e. The third kappa shape index (κ3) is 4.44. The summed E-state index contributed by atoms with van der Waals surface area (Å²) in [5, 5.41) is 14.8. The largest absolute Gasteiger partial charge is 0.450 e. The molecule has 1 aliphatic heterocycles. The van der Waals surface area contributed by atoms with E-state index in [9.17, 15) is 13.6 Å². The third-order valence-corrected chi connectivity index (χ3v) is 4.86. The first-order valence-corrected chi connectivity index (χ1v) is 9.33. The molecular weight excluding hydrogens is 370 g/mol. The average molecular weight is 394 g/mol.